The van der Waals surface area contributed by atoms with Crippen LogP contribution in [0.1, 0.15) is 42.2 Å². The van der Waals surface area contributed by atoms with E-state index >= 15 is 0 Å². The highest BCUT2D eigenvalue weighted by Crippen LogP contribution is 2.28. The lowest BCUT2D eigenvalue weighted by molar-refractivity contribution is -0.120. The van der Waals surface area contributed by atoms with E-state index in [9.17, 15) is 23.4 Å². The summed E-state index contributed by atoms with van der Waals surface area (Å²) in [5.74, 6) is -0.278. The molecule has 0 aromatic heterocycles. The molecule has 0 bridgehead atoms. The zero-order chi connectivity index (χ0) is 31.0. The molecule has 0 radical (unpaired) electrons. The number of rotatable bonds is 13. The minimum absolute atomic E-state index is 0.0135. The van der Waals surface area contributed by atoms with Crippen molar-refractivity contribution in [1.29, 1.82) is 0 Å². The molecule has 43 heavy (non-hydrogen) atoms. The zero-order valence-electron chi connectivity index (χ0n) is 24.7. The molecule has 0 aliphatic carbocycles. The summed E-state index contributed by atoms with van der Waals surface area (Å²) in [6.45, 7) is 4.70. The van der Waals surface area contributed by atoms with Gasteiger partial charge < -0.3 is 20.8 Å². The van der Waals surface area contributed by atoms with Gasteiger partial charge in [-0.1, -0.05) is 84.9 Å². The van der Waals surface area contributed by atoms with Gasteiger partial charge >= 0.3 is 0 Å². The van der Waals surface area contributed by atoms with Crippen molar-refractivity contribution >= 4 is 21.6 Å². The predicted molar refractivity (Wildman–Crippen MR) is 171 cm³/mol. The summed E-state index contributed by atoms with van der Waals surface area (Å²) in [5.41, 5.74) is 5.32. The van der Waals surface area contributed by atoms with Crippen LogP contribution in [0.25, 0.3) is 11.1 Å². The lowest BCUT2D eigenvalue weighted by atomic mass is 9.93. The number of hydrogen-bond acceptors (Lipinski definition) is 6. The first-order chi connectivity index (χ1) is 20.4. The molecule has 4 aromatic rings. The smallest absolute Gasteiger partial charge is 0.229 e. The third kappa shape index (κ3) is 9.68. The van der Waals surface area contributed by atoms with Crippen LogP contribution in [0.15, 0.2) is 97.1 Å². The minimum atomic E-state index is -3.58. The highest BCUT2D eigenvalue weighted by Gasteiger charge is 2.21. The summed E-state index contributed by atoms with van der Waals surface area (Å²) >= 11 is 0. The Labute approximate surface area is 253 Å². The van der Waals surface area contributed by atoms with Crippen LogP contribution < -0.4 is 15.4 Å². The molecule has 0 saturated heterocycles. The van der Waals surface area contributed by atoms with Gasteiger partial charge in [-0.2, -0.15) is 0 Å². The van der Waals surface area contributed by atoms with Crippen LogP contribution in [0, 0.1) is 0 Å². The van der Waals surface area contributed by atoms with E-state index in [1.54, 1.807) is 6.07 Å². The summed E-state index contributed by atoms with van der Waals surface area (Å²) in [7, 11) is -3.58. The first kappa shape index (κ1) is 31.7. The topological polar surface area (TPSA) is 128 Å². The fourth-order valence-electron chi connectivity index (χ4n) is 4.97. The van der Waals surface area contributed by atoms with Crippen molar-refractivity contribution < 1.29 is 23.4 Å². The van der Waals surface area contributed by atoms with Crippen molar-refractivity contribution in [3.05, 3.63) is 119 Å². The van der Waals surface area contributed by atoms with E-state index in [0.29, 0.717) is 18.5 Å². The molecule has 4 aromatic carbocycles. The van der Waals surface area contributed by atoms with Gasteiger partial charge in [-0.15, -0.1) is 0 Å². The maximum absolute atomic E-state index is 12.9. The van der Waals surface area contributed by atoms with Gasteiger partial charge in [0, 0.05) is 18.6 Å². The first-order valence-corrected chi connectivity index (χ1v) is 16.0. The van der Waals surface area contributed by atoms with Gasteiger partial charge in [0.15, 0.2) is 0 Å². The molecule has 8 nitrogen and oxygen atoms in total. The van der Waals surface area contributed by atoms with E-state index in [-0.39, 0.29) is 30.3 Å². The maximum atomic E-state index is 12.9. The van der Waals surface area contributed by atoms with Crippen LogP contribution in [-0.2, 0) is 34.2 Å². The van der Waals surface area contributed by atoms with Gasteiger partial charge in [-0.25, -0.2) is 8.42 Å². The van der Waals surface area contributed by atoms with Crippen molar-refractivity contribution in [1.82, 2.24) is 10.6 Å². The number of aromatic hydroxyl groups is 1. The van der Waals surface area contributed by atoms with Gasteiger partial charge in [-0.05, 0) is 65.8 Å². The molecule has 226 valence electrons. The molecule has 0 spiro atoms. The van der Waals surface area contributed by atoms with Crippen LogP contribution in [0.4, 0.5) is 5.69 Å². The van der Waals surface area contributed by atoms with Crippen molar-refractivity contribution in [2.45, 2.75) is 44.9 Å². The number of phenols is 1. The van der Waals surface area contributed by atoms with Crippen LogP contribution in [0.2, 0.25) is 0 Å². The Kier molecular flexibility index (Phi) is 10.2. The van der Waals surface area contributed by atoms with Gasteiger partial charge in [0.1, 0.15) is 5.75 Å². The molecule has 0 aliphatic rings. The Bertz CT molecular complexity index is 1660. The third-order valence-corrected chi connectivity index (χ3v) is 7.65. The van der Waals surface area contributed by atoms with Crippen LogP contribution in [0.3, 0.4) is 0 Å². The Morgan fingerprint density at radius 1 is 0.884 bits per heavy atom. The number of hydrogen-bond donors (Lipinski definition) is 5. The largest absolute Gasteiger partial charge is 0.506 e. The van der Waals surface area contributed by atoms with Gasteiger partial charge in [0.05, 0.1) is 24.5 Å². The summed E-state index contributed by atoms with van der Waals surface area (Å²) in [5, 5.41) is 27.2. The number of nitrogens with one attached hydrogen (secondary N) is 3. The number of anilines is 1. The number of sulfonamides is 1. The second kappa shape index (κ2) is 13.9. The fourth-order valence-corrected chi connectivity index (χ4v) is 5.53. The number of β-amino-alcohol motifs (C(OH)–C–C–N with tert-alkyl or cyclic N) is 1. The molecule has 4 rings (SSSR count). The van der Waals surface area contributed by atoms with E-state index in [2.05, 4.69) is 33.6 Å². The summed E-state index contributed by atoms with van der Waals surface area (Å²) in [6.07, 6.45) is 0.976. The van der Waals surface area contributed by atoms with E-state index in [1.807, 2.05) is 74.5 Å². The number of benzene rings is 4. The molecule has 0 fully saturated rings. The molecular weight excluding hydrogens is 562 g/mol. The van der Waals surface area contributed by atoms with E-state index in [4.69, 9.17) is 0 Å². The lowest BCUT2D eigenvalue weighted by Gasteiger charge is -2.28. The zero-order valence-corrected chi connectivity index (χ0v) is 25.5. The van der Waals surface area contributed by atoms with Crippen LogP contribution in [-0.4, -0.2) is 42.9 Å². The monoisotopic (exact) mass is 601 g/mol. The summed E-state index contributed by atoms with van der Waals surface area (Å²) in [6, 6.07) is 30.4. The van der Waals surface area contributed by atoms with Crippen LogP contribution >= 0.6 is 0 Å². The average Bonchev–Trinajstić information content (AvgIpc) is 2.96. The SMILES string of the molecule is CC(C)(Cc1cccc(CC(=O)NCc2ccccc2-c2ccccc2)c1)NC[C@@H](O)c1ccc(O)c(NS(C)(=O)=O)c1. The molecular formula is C34H39N3O5S. The Morgan fingerprint density at radius 3 is 2.33 bits per heavy atom. The molecule has 0 heterocycles. The molecule has 9 heteroatoms. The average molecular weight is 602 g/mol. The van der Waals surface area contributed by atoms with E-state index in [1.165, 1.54) is 12.1 Å². The number of aliphatic hydroxyl groups is 1. The van der Waals surface area contributed by atoms with Gasteiger partial charge in [0.25, 0.3) is 0 Å². The molecule has 1 amide bonds. The van der Waals surface area contributed by atoms with Crippen molar-refractivity contribution in [3.8, 4) is 16.9 Å². The highest BCUT2D eigenvalue weighted by molar-refractivity contribution is 7.92. The van der Waals surface area contributed by atoms with E-state index < -0.39 is 21.7 Å². The van der Waals surface area contributed by atoms with Crippen LogP contribution in [0.5, 0.6) is 5.75 Å². The maximum Gasteiger partial charge on any atom is 0.229 e. The van der Waals surface area contributed by atoms with Crippen molar-refractivity contribution in [2.75, 3.05) is 17.5 Å². The number of aliphatic hydroxyl groups excluding tert-OH is 1. The van der Waals surface area contributed by atoms with Gasteiger partial charge in [0.2, 0.25) is 15.9 Å². The molecule has 1 atom stereocenters. The summed E-state index contributed by atoms with van der Waals surface area (Å²) < 4.78 is 25.4. The number of phenolic OH excluding ortho intramolecular Hbond substituents is 1. The Hall–Kier alpha value is -4.18. The predicted octanol–water partition coefficient (Wildman–Crippen LogP) is 4.93. The highest BCUT2D eigenvalue weighted by atomic mass is 32.2. The normalized spacial score (nSPS) is 12.5. The fraction of sp³-hybridized carbons (Fsp3) is 0.265. The van der Waals surface area contributed by atoms with Crippen molar-refractivity contribution in [3.63, 3.8) is 0 Å². The van der Waals surface area contributed by atoms with Crippen molar-refractivity contribution in [2.24, 2.45) is 0 Å². The molecule has 0 unspecified atom stereocenters. The Balaban J connectivity index is 1.32. The second-order valence-electron chi connectivity index (χ2n) is 11.4. The molecule has 5 N–H and O–H groups in total. The number of amides is 1. The third-order valence-electron chi connectivity index (χ3n) is 7.06. The molecule has 0 saturated carbocycles. The lowest BCUT2D eigenvalue weighted by Crippen LogP contribution is -2.43. The molecule has 0 aliphatic heterocycles. The minimum Gasteiger partial charge on any atom is -0.506 e. The first-order valence-electron chi connectivity index (χ1n) is 14.1. The van der Waals surface area contributed by atoms with E-state index in [0.717, 1.165) is 34.1 Å². The summed E-state index contributed by atoms with van der Waals surface area (Å²) in [4.78, 5) is 12.9. The Morgan fingerprint density at radius 2 is 1.58 bits per heavy atom. The van der Waals surface area contributed by atoms with Gasteiger partial charge in [-0.3, -0.25) is 9.52 Å². The number of carbonyl (C=O) groups is 1. The number of carbonyl (C=O) groups excluding carboxylic acids is 1. The standard InChI is InChI=1S/C34H39N3O5S/c1-34(2,36-23-32(39)27-16-17-31(38)30(20-27)37-43(3,41)42)21-25-11-9-10-24(18-25)19-33(40)35-22-28-14-7-8-15-29(28)26-12-5-4-6-13-26/h4-18,20,32,36-39H,19,21-23H2,1-3H3,(H,35,40)/t32-/m1/s1. The quantitative estimate of drug-likeness (QED) is 0.138. The second-order valence-corrected chi connectivity index (χ2v) is 13.2.